The number of hydrogen-bond donors (Lipinski definition) is 1. The van der Waals surface area contributed by atoms with Crippen molar-refractivity contribution in [2.45, 2.75) is 6.04 Å². The molecular weight excluding hydrogens is 213 g/mol. The molecule has 1 atom stereocenters. The lowest BCUT2D eigenvalue weighted by molar-refractivity contribution is 0.0952. The zero-order valence-electron chi connectivity index (χ0n) is 8.20. The fourth-order valence-corrected chi connectivity index (χ4v) is 2.51. The van der Waals surface area contributed by atoms with E-state index in [1.807, 2.05) is 0 Å². The van der Waals surface area contributed by atoms with Crippen LogP contribution in [0.25, 0.3) is 0 Å². The van der Waals surface area contributed by atoms with Gasteiger partial charge in [0.05, 0.1) is 6.04 Å². The van der Waals surface area contributed by atoms with Crippen LogP contribution >= 0.6 is 11.8 Å². The fraction of sp³-hybridized carbons (Fsp3) is 0.364. The number of ketones is 1. The van der Waals surface area contributed by atoms with E-state index in [1.165, 1.54) is 12.1 Å². The molecule has 0 amide bonds. The van der Waals surface area contributed by atoms with Crippen molar-refractivity contribution in [1.29, 1.82) is 0 Å². The van der Waals surface area contributed by atoms with Crippen LogP contribution in [0.2, 0.25) is 0 Å². The number of thioether (sulfide) groups is 1. The highest BCUT2D eigenvalue weighted by Crippen LogP contribution is 2.13. The molecule has 0 spiro atoms. The van der Waals surface area contributed by atoms with Gasteiger partial charge in [-0.2, -0.15) is 11.8 Å². The molecule has 1 unspecified atom stereocenters. The van der Waals surface area contributed by atoms with Crippen LogP contribution in [-0.2, 0) is 0 Å². The first kappa shape index (κ1) is 10.6. The first-order valence-corrected chi connectivity index (χ1v) is 6.04. The molecule has 1 heterocycles. The fourth-order valence-electron chi connectivity index (χ4n) is 1.58. The highest BCUT2D eigenvalue weighted by Gasteiger charge is 2.22. The highest BCUT2D eigenvalue weighted by molar-refractivity contribution is 7.99. The van der Waals surface area contributed by atoms with E-state index >= 15 is 0 Å². The van der Waals surface area contributed by atoms with Gasteiger partial charge in [-0.15, -0.1) is 0 Å². The quantitative estimate of drug-likeness (QED) is 0.777. The van der Waals surface area contributed by atoms with Crippen molar-refractivity contribution in [3.8, 4) is 0 Å². The molecule has 80 valence electrons. The summed E-state index contributed by atoms with van der Waals surface area (Å²) in [5.41, 5.74) is 0.454. The number of carbonyl (C=O) groups is 1. The van der Waals surface area contributed by atoms with Gasteiger partial charge in [0.2, 0.25) is 0 Å². The first-order valence-electron chi connectivity index (χ1n) is 4.88. The molecule has 4 heteroatoms. The minimum absolute atomic E-state index is 0.0123. The number of benzene rings is 1. The molecule has 0 radical (unpaired) electrons. The highest BCUT2D eigenvalue weighted by atomic mass is 32.2. The van der Waals surface area contributed by atoms with Crippen molar-refractivity contribution < 1.29 is 9.18 Å². The molecule has 15 heavy (non-hydrogen) atoms. The average molecular weight is 225 g/mol. The Kier molecular flexibility index (Phi) is 3.38. The smallest absolute Gasteiger partial charge is 0.180 e. The van der Waals surface area contributed by atoms with E-state index in [0.717, 1.165) is 18.1 Å². The van der Waals surface area contributed by atoms with Gasteiger partial charge in [-0.25, -0.2) is 4.39 Å². The normalized spacial score (nSPS) is 21.3. The summed E-state index contributed by atoms with van der Waals surface area (Å²) in [5.74, 6) is 1.44. The Morgan fingerprint density at radius 2 is 2.40 bits per heavy atom. The van der Waals surface area contributed by atoms with Crippen LogP contribution in [0.5, 0.6) is 0 Å². The molecule has 0 aliphatic carbocycles. The van der Waals surface area contributed by atoms with Gasteiger partial charge in [0.15, 0.2) is 5.78 Å². The molecule has 1 aliphatic rings. The van der Waals surface area contributed by atoms with E-state index in [-0.39, 0.29) is 17.6 Å². The summed E-state index contributed by atoms with van der Waals surface area (Å²) in [7, 11) is 0. The topological polar surface area (TPSA) is 29.1 Å². The van der Waals surface area contributed by atoms with Crippen LogP contribution in [0.15, 0.2) is 24.3 Å². The van der Waals surface area contributed by atoms with Crippen LogP contribution in [-0.4, -0.2) is 29.9 Å². The van der Waals surface area contributed by atoms with Crippen LogP contribution in [0.1, 0.15) is 10.4 Å². The van der Waals surface area contributed by atoms with Gasteiger partial charge in [0.25, 0.3) is 0 Å². The van der Waals surface area contributed by atoms with Crippen LogP contribution in [0.4, 0.5) is 4.39 Å². The van der Waals surface area contributed by atoms with Crippen molar-refractivity contribution in [2.75, 3.05) is 18.1 Å². The van der Waals surface area contributed by atoms with Crippen LogP contribution in [0, 0.1) is 5.82 Å². The Balaban J connectivity index is 2.12. The number of rotatable bonds is 2. The van der Waals surface area contributed by atoms with Crippen LogP contribution < -0.4 is 5.32 Å². The van der Waals surface area contributed by atoms with Gasteiger partial charge in [0.1, 0.15) is 5.82 Å². The Morgan fingerprint density at radius 1 is 1.53 bits per heavy atom. The summed E-state index contributed by atoms with van der Waals surface area (Å²) in [4.78, 5) is 11.9. The maximum atomic E-state index is 12.9. The lowest BCUT2D eigenvalue weighted by atomic mass is 10.1. The maximum absolute atomic E-state index is 12.9. The van der Waals surface area contributed by atoms with Gasteiger partial charge < -0.3 is 5.32 Å². The Bertz CT molecular complexity index is 363. The molecule has 1 aromatic rings. The molecule has 1 fully saturated rings. The van der Waals surface area contributed by atoms with E-state index in [9.17, 15) is 9.18 Å². The van der Waals surface area contributed by atoms with Gasteiger partial charge in [-0.1, -0.05) is 12.1 Å². The molecular formula is C11H12FNOS. The molecule has 1 aromatic carbocycles. The third-order valence-corrected chi connectivity index (χ3v) is 3.41. The van der Waals surface area contributed by atoms with Gasteiger partial charge in [-0.3, -0.25) is 4.79 Å². The number of nitrogens with one attached hydrogen (secondary N) is 1. The monoisotopic (exact) mass is 225 g/mol. The van der Waals surface area contributed by atoms with Crippen molar-refractivity contribution >= 4 is 17.5 Å². The SMILES string of the molecule is O=C(c1cccc(F)c1)C1CSCCN1. The summed E-state index contributed by atoms with van der Waals surface area (Å²) in [6.07, 6.45) is 0. The summed E-state index contributed by atoms with van der Waals surface area (Å²) in [6.45, 7) is 0.844. The lowest BCUT2D eigenvalue weighted by Crippen LogP contribution is -2.43. The van der Waals surface area contributed by atoms with Gasteiger partial charge in [-0.05, 0) is 12.1 Å². The van der Waals surface area contributed by atoms with Crippen molar-refractivity contribution in [1.82, 2.24) is 5.32 Å². The summed E-state index contributed by atoms with van der Waals surface area (Å²) >= 11 is 1.75. The molecule has 0 saturated carbocycles. The van der Waals surface area contributed by atoms with E-state index in [1.54, 1.807) is 23.9 Å². The molecule has 1 N–H and O–H groups in total. The maximum Gasteiger partial charge on any atom is 0.180 e. The lowest BCUT2D eigenvalue weighted by Gasteiger charge is -2.21. The zero-order valence-corrected chi connectivity index (χ0v) is 9.02. The Morgan fingerprint density at radius 3 is 3.07 bits per heavy atom. The largest absolute Gasteiger partial charge is 0.306 e. The van der Waals surface area contributed by atoms with E-state index < -0.39 is 0 Å². The minimum Gasteiger partial charge on any atom is -0.306 e. The second-order valence-corrected chi connectivity index (χ2v) is 4.61. The number of carbonyl (C=O) groups excluding carboxylic acids is 1. The number of halogens is 1. The number of hydrogen-bond acceptors (Lipinski definition) is 3. The Labute approximate surface area is 92.3 Å². The van der Waals surface area contributed by atoms with Crippen molar-refractivity contribution in [3.05, 3.63) is 35.6 Å². The Hall–Kier alpha value is -0.870. The second kappa shape index (κ2) is 4.77. The van der Waals surface area contributed by atoms with E-state index in [4.69, 9.17) is 0 Å². The summed E-state index contributed by atoms with van der Waals surface area (Å²) < 4.78 is 12.9. The predicted molar refractivity (Wildman–Crippen MR) is 59.8 cm³/mol. The third kappa shape index (κ3) is 2.58. The molecule has 1 saturated heterocycles. The van der Waals surface area contributed by atoms with Crippen molar-refractivity contribution in [3.63, 3.8) is 0 Å². The zero-order chi connectivity index (χ0) is 10.7. The van der Waals surface area contributed by atoms with E-state index in [2.05, 4.69) is 5.32 Å². The molecule has 2 rings (SSSR count). The first-order chi connectivity index (χ1) is 7.27. The van der Waals surface area contributed by atoms with E-state index in [0.29, 0.717) is 5.56 Å². The summed E-state index contributed by atoms with van der Waals surface area (Å²) in [5, 5.41) is 3.14. The second-order valence-electron chi connectivity index (χ2n) is 3.46. The van der Waals surface area contributed by atoms with Crippen LogP contribution in [0.3, 0.4) is 0 Å². The molecule has 0 aromatic heterocycles. The van der Waals surface area contributed by atoms with Gasteiger partial charge in [0, 0.05) is 23.6 Å². The average Bonchev–Trinajstić information content (AvgIpc) is 2.29. The molecule has 1 aliphatic heterocycles. The minimum atomic E-state index is -0.357. The van der Waals surface area contributed by atoms with Crippen molar-refractivity contribution in [2.24, 2.45) is 0 Å². The molecule has 2 nitrogen and oxygen atoms in total. The number of Topliss-reactive ketones (excluding diaryl/α,β-unsaturated/α-hetero) is 1. The summed E-state index contributed by atoms with van der Waals surface area (Å²) in [6, 6.07) is 5.71. The molecule has 0 bridgehead atoms. The predicted octanol–water partition coefficient (Wildman–Crippen LogP) is 1.71. The third-order valence-electron chi connectivity index (χ3n) is 2.35. The standard InChI is InChI=1S/C11H12FNOS/c12-9-3-1-2-8(6-9)11(14)10-7-15-5-4-13-10/h1-3,6,10,13H,4-5,7H2. The van der Waals surface area contributed by atoms with Gasteiger partial charge >= 0.3 is 0 Å².